The van der Waals surface area contributed by atoms with E-state index in [0.717, 1.165) is 25.1 Å². The van der Waals surface area contributed by atoms with Crippen LogP contribution in [0.15, 0.2) is 11.6 Å². The molecule has 0 bridgehead atoms. The van der Waals surface area contributed by atoms with Crippen LogP contribution in [0.3, 0.4) is 0 Å². The summed E-state index contributed by atoms with van der Waals surface area (Å²) in [5.41, 5.74) is 1.06. The van der Waals surface area contributed by atoms with Gasteiger partial charge in [0.2, 0.25) is 0 Å². The molecule has 2 aliphatic rings. The Hall–Kier alpha value is -0.870. The van der Waals surface area contributed by atoms with Crippen LogP contribution in [-0.2, 0) is 9.53 Å². The summed E-state index contributed by atoms with van der Waals surface area (Å²) in [6.45, 7) is 6.14. The fraction of sp³-hybridized carbons (Fsp3) is 0.769. The molecule has 0 aromatic heterocycles. The van der Waals surface area contributed by atoms with Crippen molar-refractivity contribution in [2.45, 2.75) is 38.8 Å². The third-order valence-electron chi connectivity index (χ3n) is 3.41. The lowest BCUT2D eigenvalue weighted by Gasteiger charge is -2.20. The predicted molar refractivity (Wildman–Crippen MR) is 64.5 cm³/mol. The number of aliphatic hydroxyl groups is 1. The molecule has 0 aromatic rings. The number of aliphatic hydroxyl groups excluding tert-OH is 1. The minimum Gasteiger partial charge on any atom is -0.461 e. The summed E-state index contributed by atoms with van der Waals surface area (Å²) in [5.74, 6) is 0.181. The average Bonchev–Trinajstić information content (AvgIpc) is 2.79. The Labute approximate surface area is 102 Å². The molecule has 1 saturated heterocycles. The van der Waals surface area contributed by atoms with E-state index in [1.165, 1.54) is 0 Å². The molecule has 0 aromatic carbocycles. The molecule has 17 heavy (non-hydrogen) atoms. The zero-order valence-corrected chi connectivity index (χ0v) is 10.6. The van der Waals surface area contributed by atoms with Crippen molar-refractivity contribution in [2.24, 2.45) is 5.92 Å². The second-order valence-electron chi connectivity index (χ2n) is 5.33. The van der Waals surface area contributed by atoms with Gasteiger partial charge in [-0.1, -0.05) is 19.9 Å². The zero-order valence-electron chi connectivity index (χ0n) is 10.6. The van der Waals surface area contributed by atoms with Crippen LogP contribution in [0.2, 0.25) is 0 Å². The number of ether oxygens (including phenoxy) is 1. The third-order valence-corrected chi connectivity index (χ3v) is 3.41. The van der Waals surface area contributed by atoms with Gasteiger partial charge in [-0.25, -0.2) is 0 Å². The fourth-order valence-corrected chi connectivity index (χ4v) is 2.58. The molecule has 0 unspecified atom stereocenters. The quantitative estimate of drug-likeness (QED) is 0.586. The zero-order chi connectivity index (χ0) is 12.4. The Bertz CT molecular complexity index is 325. The van der Waals surface area contributed by atoms with Gasteiger partial charge in [0, 0.05) is 19.5 Å². The number of nitrogens with zero attached hydrogens (tertiary/aromatic N) is 1. The highest BCUT2D eigenvalue weighted by Crippen LogP contribution is 2.29. The second-order valence-corrected chi connectivity index (χ2v) is 5.33. The molecule has 2 heterocycles. The maximum Gasteiger partial charge on any atom is 0.306 e. The first-order valence-electron chi connectivity index (χ1n) is 6.34. The Morgan fingerprint density at radius 3 is 3.12 bits per heavy atom. The van der Waals surface area contributed by atoms with Crippen molar-refractivity contribution in [3.63, 3.8) is 0 Å². The molecular formula is C13H21NO3. The summed E-state index contributed by atoms with van der Waals surface area (Å²) in [7, 11) is 0. The van der Waals surface area contributed by atoms with Crippen molar-refractivity contribution >= 4 is 5.97 Å². The summed E-state index contributed by atoms with van der Waals surface area (Å²) in [5, 5.41) is 9.86. The highest BCUT2D eigenvalue weighted by Gasteiger charge is 2.38. The molecule has 4 nitrogen and oxygen atoms in total. The van der Waals surface area contributed by atoms with Gasteiger partial charge in [0.25, 0.3) is 0 Å². The first kappa shape index (κ1) is 12.6. The van der Waals surface area contributed by atoms with Crippen LogP contribution < -0.4 is 0 Å². The maximum absolute atomic E-state index is 11.5. The molecule has 0 amide bonds. The molecule has 2 rings (SSSR count). The van der Waals surface area contributed by atoms with Crippen molar-refractivity contribution in [2.75, 3.05) is 19.7 Å². The highest BCUT2D eigenvalue weighted by atomic mass is 16.5. The Morgan fingerprint density at radius 2 is 2.41 bits per heavy atom. The molecule has 0 radical (unpaired) electrons. The molecule has 4 heteroatoms. The van der Waals surface area contributed by atoms with Crippen LogP contribution in [0.4, 0.5) is 0 Å². The van der Waals surface area contributed by atoms with E-state index in [0.29, 0.717) is 18.9 Å². The smallest absolute Gasteiger partial charge is 0.306 e. The molecule has 0 saturated carbocycles. The Kier molecular flexibility index (Phi) is 3.84. The van der Waals surface area contributed by atoms with E-state index < -0.39 is 0 Å². The minimum absolute atomic E-state index is 0.0850. The van der Waals surface area contributed by atoms with Crippen molar-refractivity contribution in [3.8, 4) is 0 Å². The molecule has 1 N–H and O–H groups in total. The number of rotatable bonds is 4. The van der Waals surface area contributed by atoms with Crippen LogP contribution in [0.1, 0.15) is 26.7 Å². The molecular weight excluding hydrogens is 218 g/mol. The van der Waals surface area contributed by atoms with Gasteiger partial charge in [-0.05, 0) is 17.9 Å². The molecule has 96 valence electrons. The normalized spacial score (nSPS) is 28.4. The van der Waals surface area contributed by atoms with Crippen LogP contribution in [0.25, 0.3) is 0 Å². The Morgan fingerprint density at radius 1 is 1.65 bits per heavy atom. The molecule has 2 atom stereocenters. The second kappa shape index (κ2) is 5.19. The van der Waals surface area contributed by atoms with E-state index in [1.807, 2.05) is 13.8 Å². The predicted octanol–water partition coefficient (Wildman–Crippen LogP) is 0.951. The summed E-state index contributed by atoms with van der Waals surface area (Å²) in [6, 6.07) is 0.0850. The van der Waals surface area contributed by atoms with Crippen LogP contribution >= 0.6 is 0 Å². The van der Waals surface area contributed by atoms with Crippen molar-refractivity contribution in [1.29, 1.82) is 0 Å². The fourth-order valence-electron chi connectivity index (χ4n) is 2.58. The minimum atomic E-state index is -0.299. The Balaban J connectivity index is 1.82. The van der Waals surface area contributed by atoms with Gasteiger partial charge in [-0.15, -0.1) is 0 Å². The van der Waals surface area contributed by atoms with Gasteiger partial charge in [-0.2, -0.15) is 0 Å². The number of hydrogen-bond donors (Lipinski definition) is 1. The van der Waals surface area contributed by atoms with E-state index in [-0.39, 0.29) is 18.1 Å². The maximum atomic E-state index is 11.5. The van der Waals surface area contributed by atoms with Crippen LogP contribution in [0.5, 0.6) is 0 Å². The number of hydrogen-bond acceptors (Lipinski definition) is 4. The summed E-state index contributed by atoms with van der Waals surface area (Å²) in [6.07, 6.45) is 3.06. The van der Waals surface area contributed by atoms with Crippen LogP contribution in [-0.4, -0.2) is 47.8 Å². The van der Waals surface area contributed by atoms with Gasteiger partial charge < -0.3 is 9.84 Å². The topological polar surface area (TPSA) is 49.8 Å². The first-order chi connectivity index (χ1) is 8.08. The van der Waals surface area contributed by atoms with Gasteiger partial charge in [-0.3, -0.25) is 9.69 Å². The highest BCUT2D eigenvalue weighted by molar-refractivity contribution is 5.69. The third kappa shape index (κ3) is 2.87. The molecule has 2 aliphatic heterocycles. The molecule has 0 spiro atoms. The lowest BCUT2D eigenvalue weighted by atomic mass is 10.1. The number of fused-ring (bicyclic) bond motifs is 1. The van der Waals surface area contributed by atoms with Gasteiger partial charge in [0.15, 0.2) is 0 Å². The molecule has 1 fully saturated rings. The van der Waals surface area contributed by atoms with E-state index in [4.69, 9.17) is 4.74 Å². The van der Waals surface area contributed by atoms with E-state index >= 15 is 0 Å². The van der Waals surface area contributed by atoms with E-state index in [2.05, 4.69) is 11.0 Å². The summed E-state index contributed by atoms with van der Waals surface area (Å²) >= 11 is 0. The lowest BCUT2D eigenvalue weighted by Crippen LogP contribution is -2.33. The monoisotopic (exact) mass is 239 g/mol. The van der Waals surface area contributed by atoms with Gasteiger partial charge in [0.1, 0.15) is 6.61 Å². The van der Waals surface area contributed by atoms with Crippen molar-refractivity contribution in [3.05, 3.63) is 11.6 Å². The van der Waals surface area contributed by atoms with Crippen molar-refractivity contribution in [1.82, 2.24) is 4.90 Å². The van der Waals surface area contributed by atoms with Crippen LogP contribution in [0, 0.1) is 5.92 Å². The standard InChI is InChI=1S/C13H21NO3/c1-9(2)7-12(16)17-8-10-3-5-14-6-4-11(15)13(10)14/h3,9,11,13,15H,4-8H2,1-2H3/t11-,13-/m1/s1. The average molecular weight is 239 g/mol. The summed E-state index contributed by atoms with van der Waals surface area (Å²) in [4.78, 5) is 13.7. The van der Waals surface area contributed by atoms with Crippen molar-refractivity contribution < 1.29 is 14.6 Å². The first-order valence-corrected chi connectivity index (χ1v) is 6.34. The summed E-state index contributed by atoms with van der Waals surface area (Å²) < 4.78 is 5.25. The SMILES string of the molecule is CC(C)CC(=O)OCC1=CCN2CC[C@@H](O)[C@@H]12. The lowest BCUT2D eigenvalue weighted by molar-refractivity contribution is -0.143. The van der Waals surface area contributed by atoms with E-state index in [1.54, 1.807) is 0 Å². The molecule has 0 aliphatic carbocycles. The largest absolute Gasteiger partial charge is 0.461 e. The number of esters is 1. The van der Waals surface area contributed by atoms with Gasteiger partial charge >= 0.3 is 5.97 Å². The number of carbonyl (C=O) groups excluding carboxylic acids is 1. The van der Waals surface area contributed by atoms with E-state index in [9.17, 15) is 9.90 Å². The number of carbonyl (C=O) groups is 1. The van der Waals surface area contributed by atoms with Gasteiger partial charge in [0.05, 0.1) is 12.1 Å².